The van der Waals surface area contributed by atoms with E-state index in [1.165, 1.54) is 12.1 Å². The van der Waals surface area contributed by atoms with Crippen LogP contribution in [0, 0.1) is 25.5 Å². The molecule has 0 amide bonds. The standard InChI is InChI=1S/C22H20F2N4OS/c1-4-30-27-17-6-8-20(29-21-7-5-16(23)10-19(21)24)18(11-17)15-9-13(2)22-26-25-14(3)28(22)12-15/h5-12,27H,4H2,1-3H3. The summed E-state index contributed by atoms with van der Waals surface area (Å²) in [6.45, 7) is 5.89. The number of rotatable bonds is 6. The van der Waals surface area contributed by atoms with Crippen molar-refractivity contribution in [1.82, 2.24) is 14.6 Å². The van der Waals surface area contributed by atoms with E-state index in [1.54, 1.807) is 18.0 Å². The topological polar surface area (TPSA) is 51.5 Å². The van der Waals surface area contributed by atoms with E-state index in [0.29, 0.717) is 5.75 Å². The fourth-order valence-electron chi connectivity index (χ4n) is 3.15. The molecular formula is C22H20F2N4OS. The van der Waals surface area contributed by atoms with Gasteiger partial charge in [-0.3, -0.25) is 4.40 Å². The molecule has 0 aliphatic rings. The van der Waals surface area contributed by atoms with Crippen molar-refractivity contribution >= 4 is 23.3 Å². The minimum atomic E-state index is -0.758. The summed E-state index contributed by atoms with van der Waals surface area (Å²) >= 11 is 1.57. The number of halogens is 2. The highest BCUT2D eigenvalue weighted by Crippen LogP contribution is 2.37. The molecule has 2 aromatic carbocycles. The Balaban J connectivity index is 1.84. The maximum Gasteiger partial charge on any atom is 0.168 e. The van der Waals surface area contributed by atoms with Gasteiger partial charge in [0.2, 0.25) is 0 Å². The van der Waals surface area contributed by atoms with E-state index < -0.39 is 11.6 Å². The summed E-state index contributed by atoms with van der Waals surface area (Å²) in [7, 11) is 0. The normalized spacial score (nSPS) is 11.1. The van der Waals surface area contributed by atoms with E-state index in [2.05, 4.69) is 21.8 Å². The van der Waals surface area contributed by atoms with Gasteiger partial charge in [0.05, 0.1) is 0 Å². The number of benzene rings is 2. The Labute approximate surface area is 177 Å². The first-order valence-corrected chi connectivity index (χ1v) is 10.4. The smallest absolute Gasteiger partial charge is 0.168 e. The highest BCUT2D eigenvalue weighted by atomic mass is 32.2. The van der Waals surface area contributed by atoms with E-state index in [-0.39, 0.29) is 5.75 Å². The number of hydrogen-bond donors (Lipinski definition) is 1. The van der Waals surface area contributed by atoms with Crippen LogP contribution in [0.3, 0.4) is 0 Å². The van der Waals surface area contributed by atoms with Crippen molar-refractivity contribution in [2.45, 2.75) is 20.8 Å². The summed E-state index contributed by atoms with van der Waals surface area (Å²) in [6.07, 6.45) is 1.93. The van der Waals surface area contributed by atoms with Gasteiger partial charge in [0.1, 0.15) is 17.4 Å². The average molecular weight is 426 g/mol. The first kappa shape index (κ1) is 20.2. The molecule has 0 spiro atoms. The number of anilines is 1. The number of hydrogen-bond acceptors (Lipinski definition) is 5. The minimum absolute atomic E-state index is 0.0421. The Kier molecular flexibility index (Phi) is 5.59. The van der Waals surface area contributed by atoms with Crippen LogP contribution in [0.15, 0.2) is 48.7 Å². The summed E-state index contributed by atoms with van der Waals surface area (Å²) in [5.41, 5.74) is 4.25. The lowest BCUT2D eigenvalue weighted by atomic mass is 10.0. The predicted octanol–water partition coefficient (Wildman–Crippen LogP) is 6.16. The zero-order valence-corrected chi connectivity index (χ0v) is 17.6. The maximum absolute atomic E-state index is 14.2. The second-order valence-electron chi connectivity index (χ2n) is 6.78. The number of nitrogens with zero attached hydrogens (tertiary/aromatic N) is 3. The number of pyridine rings is 1. The molecule has 0 bridgehead atoms. The maximum atomic E-state index is 14.2. The van der Waals surface area contributed by atoms with Crippen molar-refractivity contribution < 1.29 is 13.5 Å². The lowest BCUT2D eigenvalue weighted by Crippen LogP contribution is -1.97. The molecule has 1 N–H and O–H groups in total. The van der Waals surface area contributed by atoms with Gasteiger partial charge in [-0.1, -0.05) is 18.9 Å². The van der Waals surface area contributed by atoms with Crippen LogP contribution in [-0.4, -0.2) is 20.4 Å². The minimum Gasteiger partial charge on any atom is -0.454 e. The van der Waals surface area contributed by atoms with Crippen LogP contribution in [0.5, 0.6) is 11.5 Å². The fourth-order valence-corrected chi connectivity index (χ4v) is 3.59. The van der Waals surface area contributed by atoms with Gasteiger partial charge in [0.25, 0.3) is 0 Å². The molecule has 0 fully saturated rings. The number of fused-ring (bicyclic) bond motifs is 1. The lowest BCUT2D eigenvalue weighted by molar-refractivity contribution is 0.439. The molecule has 0 radical (unpaired) electrons. The van der Waals surface area contributed by atoms with E-state index >= 15 is 0 Å². The second kappa shape index (κ2) is 8.31. The molecule has 8 heteroatoms. The SMILES string of the molecule is CCSNc1ccc(Oc2ccc(F)cc2F)c(-c2cc(C)c3nnc(C)n3c2)c1. The molecule has 0 aliphatic carbocycles. The predicted molar refractivity (Wildman–Crippen MR) is 116 cm³/mol. The second-order valence-corrected chi connectivity index (χ2v) is 7.85. The molecular weight excluding hydrogens is 406 g/mol. The molecule has 5 nitrogen and oxygen atoms in total. The fraction of sp³-hybridized carbons (Fsp3) is 0.182. The number of nitrogens with one attached hydrogen (secondary N) is 1. The summed E-state index contributed by atoms with van der Waals surface area (Å²) < 4.78 is 38.5. The lowest BCUT2D eigenvalue weighted by Gasteiger charge is -2.15. The highest BCUT2D eigenvalue weighted by molar-refractivity contribution is 8.00. The molecule has 2 heterocycles. The monoisotopic (exact) mass is 426 g/mol. The molecule has 0 atom stereocenters. The molecule has 2 aromatic heterocycles. The van der Waals surface area contributed by atoms with Crippen LogP contribution >= 0.6 is 11.9 Å². The van der Waals surface area contributed by atoms with Crippen LogP contribution in [0.25, 0.3) is 16.8 Å². The summed E-state index contributed by atoms with van der Waals surface area (Å²) in [6, 6.07) is 10.8. The van der Waals surface area contributed by atoms with Crippen LogP contribution in [0.4, 0.5) is 14.5 Å². The molecule has 0 aliphatic heterocycles. The Morgan fingerprint density at radius 2 is 1.83 bits per heavy atom. The zero-order chi connectivity index (χ0) is 21.3. The van der Waals surface area contributed by atoms with Gasteiger partial charge in [0.15, 0.2) is 17.2 Å². The average Bonchev–Trinajstić information content (AvgIpc) is 3.10. The van der Waals surface area contributed by atoms with Crippen molar-refractivity contribution in [1.29, 1.82) is 0 Å². The van der Waals surface area contributed by atoms with Crippen LogP contribution in [-0.2, 0) is 0 Å². The Morgan fingerprint density at radius 1 is 1.03 bits per heavy atom. The van der Waals surface area contributed by atoms with Crippen molar-refractivity contribution in [3.8, 4) is 22.6 Å². The summed E-state index contributed by atoms with van der Waals surface area (Å²) in [4.78, 5) is 0. The Morgan fingerprint density at radius 3 is 2.60 bits per heavy atom. The number of ether oxygens (including phenoxy) is 1. The van der Waals surface area contributed by atoms with Crippen LogP contribution in [0.1, 0.15) is 18.3 Å². The summed E-state index contributed by atoms with van der Waals surface area (Å²) in [5, 5.41) is 8.34. The zero-order valence-electron chi connectivity index (χ0n) is 16.7. The van der Waals surface area contributed by atoms with Crippen molar-refractivity contribution in [2.75, 3.05) is 10.5 Å². The van der Waals surface area contributed by atoms with Crippen molar-refractivity contribution in [2.24, 2.45) is 0 Å². The van der Waals surface area contributed by atoms with E-state index in [4.69, 9.17) is 4.74 Å². The number of aryl methyl sites for hydroxylation is 2. The highest BCUT2D eigenvalue weighted by Gasteiger charge is 2.15. The van der Waals surface area contributed by atoms with Gasteiger partial charge in [-0.2, -0.15) is 0 Å². The van der Waals surface area contributed by atoms with Gasteiger partial charge in [-0.25, -0.2) is 8.78 Å². The third-order valence-electron chi connectivity index (χ3n) is 4.60. The van der Waals surface area contributed by atoms with E-state index in [9.17, 15) is 8.78 Å². The Hall–Kier alpha value is -3.13. The van der Waals surface area contributed by atoms with Gasteiger partial charge < -0.3 is 9.46 Å². The molecule has 0 saturated heterocycles. The van der Waals surface area contributed by atoms with Gasteiger partial charge in [-0.05, 0) is 55.8 Å². The van der Waals surface area contributed by atoms with Crippen molar-refractivity contribution in [3.63, 3.8) is 0 Å². The van der Waals surface area contributed by atoms with Crippen molar-refractivity contribution in [3.05, 3.63) is 71.7 Å². The summed E-state index contributed by atoms with van der Waals surface area (Å²) in [5.74, 6) is 0.667. The quantitative estimate of drug-likeness (QED) is 0.374. The molecule has 4 aromatic rings. The molecule has 154 valence electrons. The molecule has 30 heavy (non-hydrogen) atoms. The molecule has 0 unspecified atom stereocenters. The third kappa shape index (κ3) is 3.95. The molecule has 4 rings (SSSR count). The van der Waals surface area contributed by atoms with Gasteiger partial charge in [0, 0.05) is 34.8 Å². The third-order valence-corrected chi connectivity index (χ3v) is 5.27. The van der Waals surface area contributed by atoms with E-state index in [0.717, 1.165) is 45.7 Å². The largest absolute Gasteiger partial charge is 0.454 e. The van der Waals surface area contributed by atoms with E-state index in [1.807, 2.05) is 42.6 Å². The first-order valence-electron chi connectivity index (χ1n) is 9.43. The van der Waals surface area contributed by atoms with Crippen LogP contribution < -0.4 is 9.46 Å². The van der Waals surface area contributed by atoms with Gasteiger partial charge >= 0.3 is 0 Å². The van der Waals surface area contributed by atoms with Gasteiger partial charge in [-0.15, -0.1) is 10.2 Å². The molecule has 0 saturated carbocycles. The van der Waals surface area contributed by atoms with Crippen LogP contribution in [0.2, 0.25) is 0 Å². The Bertz CT molecular complexity index is 1230. The first-order chi connectivity index (χ1) is 14.5. The number of aromatic nitrogens is 3.